The molecule has 0 aliphatic heterocycles. The third kappa shape index (κ3) is 7.81. The molecule has 0 radical (unpaired) electrons. The Balaban J connectivity index is 1.61. The number of para-hydroxylation sites is 1. The van der Waals surface area contributed by atoms with Crippen LogP contribution < -0.4 is 10.1 Å². The first-order valence-corrected chi connectivity index (χ1v) is 12.9. The Morgan fingerprint density at radius 3 is 2.26 bits per heavy atom. The van der Waals surface area contributed by atoms with Gasteiger partial charge in [-0.15, -0.1) is 0 Å². The molecule has 194 valence electrons. The number of rotatable bonds is 11. The number of hydrogen-bond acceptors (Lipinski definition) is 4. The van der Waals surface area contributed by atoms with Crippen molar-refractivity contribution in [3.63, 3.8) is 0 Å². The smallest absolute Gasteiger partial charge is 0.261 e. The van der Waals surface area contributed by atoms with Crippen LogP contribution in [-0.4, -0.2) is 34.3 Å². The van der Waals surface area contributed by atoms with Gasteiger partial charge in [-0.25, -0.2) is 0 Å². The van der Waals surface area contributed by atoms with E-state index >= 15 is 0 Å². The normalized spacial score (nSPS) is 11.4. The summed E-state index contributed by atoms with van der Waals surface area (Å²) in [6.07, 6.45) is 1.99. The van der Waals surface area contributed by atoms with E-state index in [1.54, 1.807) is 47.5 Å². The van der Waals surface area contributed by atoms with Crippen LogP contribution in [0.4, 0.5) is 0 Å². The molecule has 3 aromatic carbocycles. The Bertz CT molecular complexity index is 1340. The largest absolute Gasteiger partial charge is 0.482 e. The van der Waals surface area contributed by atoms with Gasteiger partial charge in [-0.05, 0) is 47.5 Å². The Morgan fingerprint density at radius 1 is 0.842 bits per heavy atom. The molecular formula is C30H27Cl2N3O3. The molecule has 6 nitrogen and oxygen atoms in total. The maximum Gasteiger partial charge on any atom is 0.261 e. The van der Waals surface area contributed by atoms with Crippen molar-refractivity contribution in [3.05, 3.63) is 130 Å². The van der Waals surface area contributed by atoms with E-state index in [2.05, 4.69) is 10.3 Å². The molecule has 0 aliphatic carbocycles. The monoisotopic (exact) mass is 547 g/mol. The van der Waals surface area contributed by atoms with Crippen LogP contribution in [0.3, 0.4) is 0 Å². The molecule has 8 heteroatoms. The van der Waals surface area contributed by atoms with E-state index in [1.165, 1.54) is 0 Å². The molecule has 1 atom stereocenters. The molecule has 1 N–H and O–H groups in total. The number of aromatic nitrogens is 1. The van der Waals surface area contributed by atoms with Gasteiger partial charge in [0.05, 0.1) is 17.3 Å². The molecule has 0 saturated heterocycles. The molecule has 1 aromatic heterocycles. The first kappa shape index (κ1) is 27.2. The van der Waals surface area contributed by atoms with E-state index in [4.69, 9.17) is 27.9 Å². The van der Waals surface area contributed by atoms with E-state index in [9.17, 15) is 9.59 Å². The van der Waals surface area contributed by atoms with Crippen molar-refractivity contribution in [2.24, 2.45) is 0 Å². The van der Waals surface area contributed by atoms with Gasteiger partial charge < -0.3 is 15.0 Å². The highest BCUT2D eigenvalue weighted by molar-refractivity contribution is 6.32. The van der Waals surface area contributed by atoms with Crippen molar-refractivity contribution >= 4 is 35.0 Å². The van der Waals surface area contributed by atoms with Crippen molar-refractivity contribution in [1.29, 1.82) is 0 Å². The van der Waals surface area contributed by atoms with Gasteiger partial charge in [-0.2, -0.15) is 0 Å². The molecule has 0 fully saturated rings. The molecule has 0 spiro atoms. The van der Waals surface area contributed by atoms with Crippen LogP contribution in [0.1, 0.15) is 16.8 Å². The van der Waals surface area contributed by atoms with Crippen molar-refractivity contribution < 1.29 is 14.3 Å². The minimum atomic E-state index is -0.806. The lowest BCUT2D eigenvalue weighted by molar-refractivity contribution is -0.142. The minimum Gasteiger partial charge on any atom is -0.482 e. The zero-order chi connectivity index (χ0) is 26.7. The van der Waals surface area contributed by atoms with Crippen molar-refractivity contribution in [3.8, 4) is 5.75 Å². The second-order valence-electron chi connectivity index (χ2n) is 8.61. The zero-order valence-electron chi connectivity index (χ0n) is 20.6. The summed E-state index contributed by atoms with van der Waals surface area (Å²) < 4.78 is 5.76. The van der Waals surface area contributed by atoms with Crippen LogP contribution in [0.2, 0.25) is 10.0 Å². The summed E-state index contributed by atoms with van der Waals surface area (Å²) in [5.41, 5.74) is 2.47. The van der Waals surface area contributed by atoms with E-state index in [0.29, 0.717) is 22.2 Å². The van der Waals surface area contributed by atoms with Crippen LogP contribution >= 0.6 is 23.2 Å². The molecule has 0 bridgehead atoms. The van der Waals surface area contributed by atoms with E-state index in [1.807, 2.05) is 60.7 Å². The average molecular weight is 548 g/mol. The lowest BCUT2D eigenvalue weighted by Crippen LogP contribution is -2.51. The van der Waals surface area contributed by atoms with Crippen LogP contribution in [0.15, 0.2) is 103 Å². The van der Waals surface area contributed by atoms with Crippen LogP contribution in [-0.2, 0) is 29.1 Å². The molecule has 0 unspecified atom stereocenters. The number of halogens is 2. The Hall–Kier alpha value is -3.87. The van der Waals surface area contributed by atoms with Gasteiger partial charge >= 0.3 is 0 Å². The molecular weight excluding hydrogens is 521 g/mol. The first-order valence-electron chi connectivity index (χ1n) is 12.1. The second-order valence-corrected chi connectivity index (χ2v) is 9.46. The number of nitrogens with zero attached hydrogens (tertiary/aromatic N) is 2. The van der Waals surface area contributed by atoms with Crippen molar-refractivity contribution in [2.45, 2.75) is 25.6 Å². The van der Waals surface area contributed by atoms with Gasteiger partial charge in [-0.1, -0.05) is 83.9 Å². The van der Waals surface area contributed by atoms with Crippen LogP contribution in [0.5, 0.6) is 5.75 Å². The number of carbonyl (C=O) groups is 2. The molecule has 0 saturated carbocycles. The number of amides is 2. The number of hydrogen-bond donors (Lipinski definition) is 1. The van der Waals surface area contributed by atoms with Crippen molar-refractivity contribution in [1.82, 2.24) is 15.2 Å². The highest BCUT2D eigenvalue weighted by Crippen LogP contribution is 2.24. The zero-order valence-corrected chi connectivity index (χ0v) is 22.1. The summed E-state index contributed by atoms with van der Waals surface area (Å²) in [6.45, 7) is 0.149. The Kier molecular flexibility index (Phi) is 9.73. The molecule has 2 amide bonds. The fraction of sp³-hybridized carbons (Fsp3) is 0.167. The summed E-state index contributed by atoms with van der Waals surface area (Å²) in [5.74, 6) is -0.249. The topological polar surface area (TPSA) is 71.5 Å². The highest BCUT2D eigenvalue weighted by Gasteiger charge is 2.30. The molecule has 1 heterocycles. The summed E-state index contributed by atoms with van der Waals surface area (Å²) in [6, 6.07) is 28.4. The molecule has 0 aliphatic rings. The van der Waals surface area contributed by atoms with Gasteiger partial charge in [0.15, 0.2) is 6.61 Å². The number of nitrogens with one attached hydrogen (secondary N) is 1. The SMILES string of the molecule is O=C(NCc1ccccn1)[C@@H](Cc1ccccc1)N(Cc1ccc(Cl)cc1)C(=O)COc1ccccc1Cl. The fourth-order valence-electron chi connectivity index (χ4n) is 3.92. The van der Waals surface area contributed by atoms with Gasteiger partial charge in [0.1, 0.15) is 11.8 Å². The quantitative estimate of drug-likeness (QED) is 0.260. The van der Waals surface area contributed by atoms with E-state index in [-0.39, 0.29) is 31.5 Å². The van der Waals surface area contributed by atoms with E-state index in [0.717, 1.165) is 16.8 Å². The maximum absolute atomic E-state index is 13.6. The summed E-state index contributed by atoms with van der Waals surface area (Å²) in [4.78, 5) is 33.1. The molecule has 4 rings (SSSR count). The number of ether oxygens (including phenoxy) is 1. The summed E-state index contributed by atoms with van der Waals surface area (Å²) >= 11 is 12.3. The summed E-state index contributed by atoms with van der Waals surface area (Å²) in [5, 5.41) is 3.94. The Labute approximate surface area is 232 Å². The lowest BCUT2D eigenvalue weighted by atomic mass is 10.0. The third-order valence-electron chi connectivity index (χ3n) is 5.89. The predicted octanol–water partition coefficient (Wildman–Crippen LogP) is 5.72. The van der Waals surface area contributed by atoms with Crippen LogP contribution in [0, 0.1) is 0 Å². The fourth-order valence-corrected chi connectivity index (χ4v) is 4.24. The highest BCUT2D eigenvalue weighted by atomic mass is 35.5. The summed E-state index contributed by atoms with van der Waals surface area (Å²) in [7, 11) is 0. The predicted molar refractivity (Wildman–Crippen MR) is 149 cm³/mol. The van der Waals surface area contributed by atoms with Gasteiger partial charge in [-0.3, -0.25) is 14.6 Å². The van der Waals surface area contributed by atoms with Gasteiger partial charge in [0, 0.05) is 24.2 Å². The Morgan fingerprint density at radius 2 is 1.55 bits per heavy atom. The van der Waals surface area contributed by atoms with Gasteiger partial charge in [0.25, 0.3) is 5.91 Å². The molecule has 38 heavy (non-hydrogen) atoms. The average Bonchev–Trinajstić information content (AvgIpc) is 2.95. The van der Waals surface area contributed by atoms with E-state index < -0.39 is 6.04 Å². The second kappa shape index (κ2) is 13.6. The van der Waals surface area contributed by atoms with Crippen LogP contribution in [0.25, 0.3) is 0 Å². The standard InChI is InChI=1S/C30H27Cl2N3O3/c31-24-15-13-23(14-16-24)20-35(29(36)21-38-28-12-5-4-11-26(28)32)27(18-22-8-2-1-3-9-22)30(37)34-19-25-10-6-7-17-33-25/h1-17,27H,18-21H2,(H,34,37)/t27-/m1/s1. The lowest BCUT2D eigenvalue weighted by Gasteiger charge is -2.31. The number of carbonyl (C=O) groups excluding carboxylic acids is 2. The third-order valence-corrected chi connectivity index (χ3v) is 6.46. The van der Waals surface area contributed by atoms with Gasteiger partial charge in [0.2, 0.25) is 5.91 Å². The first-order chi connectivity index (χ1) is 18.5. The number of pyridine rings is 1. The number of benzene rings is 3. The van der Waals surface area contributed by atoms with Crippen molar-refractivity contribution in [2.75, 3.05) is 6.61 Å². The minimum absolute atomic E-state index is 0.191. The maximum atomic E-state index is 13.6. The molecule has 4 aromatic rings.